The first-order valence-corrected chi connectivity index (χ1v) is 6.67. The normalized spacial score (nSPS) is 12.4. The Bertz CT molecular complexity index is 445. The number of benzene rings is 2. The van der Waals surface area contributed by atoms with Gasteiger partial charge in [0.1, 0.15) is 5.82 Å². The fraction of sp³-hybridized carbons (Fsp3) is 0.200. The molecule has 0 heterocycles. The Morgan fingerprint density at radius 2 is 1.33 bits per heavy atom. The molecule has 0 bridgehead atoms. The summed E-state index contributed by atoms with van der Waals surface area (Å²) in [5.74, 6) is -0.208. The molecule has 0 spiro atoms. The van der Waals surface area contributed by atoms with Gasteiger partial charge in [0.05, 0.1) is 0 Å². The molecule has 1 nitrogen and oxygen atoms in total. The molecule has 2 aromatic carbocycles. The summed E-state index contributed by atoms with van der Waals surface area (Å²) in [5.41, 5.74) is 8.39. The van der Waals surface area contributed by atoms with E-state index >= 15 is 0 Å². The highest BCUT2D eigenvalue weighted by Crippen LogP contribution is 2.13. The Balaban J connectivity index is 1.94. The van der Waals surface area contributed by atoms with Crippen LogP contribution < -0.4 is 5.73 Å². The third-order valence-electron chi connectivity index (χ3n) is 2.82. The van der Waals surface area contributed by atoms with Crippen LogP contribution in [0.2, 0.25) is 0 Å². The molecule has 0 aliphatic heterocycles. The summed E-state index contributed by atoms with van der Waals surface area (Å²) < 4.78 is 13.8. The molecule has 2 N–H and O–H groups in total. The van der Waals surface area contributed by atoms with Crippen molar-refractivity contribution in [3.05, 3.63) is 69.9 Å². The summed E-state index contributed by atoms with van der Waals surface area (Å²) in [6, 6.07) is 14.7. The molecule has 0 saturated heterocycles. The SMILES string of the molecule is NC(Cc1ccc(F)cc1)Cc1ccc(Br)cc1. The van der Waals surface area contributed by atoms with Crippen LogP contribution >= 0.6 is 15.9 Å². The average Bonchev–Trinajstić information content (AvgIpc) is 2.35. The molecule has 18 heavy (non-hydrogen) atoms. The highest BCUT2D eigenvalue weighted by molar-refractivity contribution is 9.10. The predicted octanol–water partition coefficient (Wildman–Crippen LogP) is 3.70. The molecule has 1 atom stereocenters. The number of rotatable bonds is 4. The molecule has 0 aromatic heterocycles. The summed E-state index contributed by atoms with van der Waals surface area (Å²) >= 11 is 3.41. The zero-order chi connectivity index (χ0) is 13.0. The van der Waals surface area contributed by atoms with Gasteiger partial charge < -0.3 is 5.73 Å². The van der Waals surface area contributed by atoms with Gasteiger partial charge in [0, 0.05) is 10.5 Å². The predicted molar refractivity (Wildman–Crippen MR) is 75.9 cm³/mol. The van der Waals surface area contributed by atoms with Crippen molar-refractivity contribution in [2.24, 2.45) is 5.73 Å². The first-order valence-electron chi connectivity index (χ1n) is 5.88. The smallest absolute Gasteiger partial charge is 0.123 e. The third kappa shape index (κ3) is 3.93. The zero-order valence-electron chi connectivity index (χ0n) is 9.94. The van der Waals surface area contributed by atoms with Crippen molar-refractivity contribution >= 4 is 15.9 Å². The number of halogens is 2. The van der Waals surface area contributed by atoms with Crippen molar-refractivity contribution in [2.45, 2.75) is 18.9 Å². The maximum atomic E-state index is 12.8. The Morgan fingerprint density at radius 1 is 0.889 bits per heavy atom. The standard InChI is InChI=1S/C15H15BrFN/c16-13-5-1-11(2-6-13)9-15(18)10-12-3-7-14(17)8-4-12/h1-8,15H,9-10,18H2. The van der Waals surface area contributed by atoms with Crippen LogP contribution in [0.25, 0.3) is 0 Å². The van der Waals surface area contributed by atoms with Crippen LogP contribution in [0.5, 0.6) is 0 Å². The molecule has 2 aromatic rings. The van der Waals surface area contributed by atoms with E-state index in [-0.39, 0.29) is 11.9 Å². The van der Waals surface area contributed by atoms with Gasteiger partial charge in [-0.05, 0) is 48.2 Å². The second-order valence-electron chi connectivity index (χ2n) is 4.42. The van der Waals surface area contributed by atoms with Crippen LogP contribution in [0.4, 0.5) is 4.39 Å². The largest absolute Gasteiger partial charge is 0.327 e. The van der Waals surface area contributed by atoms with E-state index in [0.717, 1.165) is 22.9 Å². The van der Waals surface area contributed by atoms with Crippen LogP contribution in [0.1, 0.15) is 11.1 Å². The molecule has 0 radical (unpaired) electrons. The summed E-state index contributed by atoms with van der Waals surface area (Å²) in [4.78, 5) is 0. The topological polar surface area (TPSA) is 26.0 Å². The van der Waals surface area contributed by atoms with E-state index in [1.165, 1.54) is 17.7 Å². The van der Waals surface area contributed by atoms with Crippen molar-refractivity contribution in [1.29, 1.82) is 0 Å². The Kier molecular flexibility index (Phi) is 4.50. The Hall–Kier alpha value is -1.19. The average molecular weight is 308 g/mol. The van der Waals surface area contributed by atoms with E-state index in [9.17, 15) is 4.39 Å². The summed E-state index contributed by atoms with van der Waals surface area (Å²) in [6.07, 6.45) is 1.58. The van der Waals surface area contributed by atoms with Gasteiger partial charge in [-0.15, -0.1) is 0 Å². The molecule has 0 fully saturated rings. The van der Waals surface area contributed by atoms with Gasteiger partial charge in [0.2, 0.25) is 0 Å². The number of hydrogen-bond donors (Lipinski definition) is 1. The molecule has 94 valence electrons. The second kappa shape index (κ2) is 6.12. The van der Waals surface area contributed by atoms with Gasteiger partial charge in [-0.1, -0.05) is 40.2 Å². The molecule has 2 rings (SSSR count). The first-order chi connectivity index (χ1) is 8.63. The lowest BCUT2D eigenvalue weighted by Gasteiger charge is -2.12. The monoisotopic (exact) mass is 307 g/mol. The molecular weight excluding hydrogens is 293 g/mol. The molecule has 0 aliphatic rings. The minimum absolute atomic E-state index is 0.0524. The van der Waals surface area contributed by atoms with Gasteiger partial charge in [0.15, 0.2) is 0 Å². The van der Waals surface area contributed by atoms with E-state index in [0.29, 0.717) is 0 Å². The highest BCUT2D eigenvalue weighted by Gasteiger charge is 2.05. The van der Waals surface area contributed by atoms with Crippen molar-refractivity contribution in [2.75, 3.05) is 0 Å². The van der Waals surface area contributed by atoms with Crippen LogP contribution in [-0.4, -0.2) is 6.04 Å². The lowest BCUT2D eigenvalue weighted by Crippen LogP contribution is -2.25. The molecule has 0 aliphatic carbocycles. The fourth-order valence-electron chi connectivity index (χ4n) is 1.92. The van der Waals surface area contributed by atoms with Crippen LogP contribution in [0, 0.1) is 5.82 Å². The van der Waals surface area contributed by atoms with E-state index in [2.05, 4.69) is 28.1 Å². The molecule has 3 heteroatoms. The highest BCUT2D eigenvalue weighted by atomic mass is 79.9. The van der Waals surface area contributed by atoms with E-state index in [1.807, 2.05) is 12.1 Å². The van der Waals surface area contributed by atoms with Crippen molar-refractivity contribution < 1.29 is 4.39 Å². The van der Waals surface area contributed by atoms with Gasteiger partial charge in [-0.2, -0.15) is 0 Å². The van der Waals surface area contributed by atoms with Crippen molar-refractivity contribution in [3.63, 3.8) is 0 Å². The molecule has 0 saturated carbocycles. The van der Waals surface area contributed by atoms with Gasteiger partial charge in [-0.25, -0.2) is 4.39 Å². The van der Waals surface area contributed by atoms with Crippen LogP contribution in [-0.2, 0) is 12.8 Å². The van der Waals surface area contributed by atoms with Gasteiger partial charge in [-0.3, -0.25) is 0 Å². The lowest BCUT2D eigenvalue weighted by atomic mass is 10.00. The number of hydrogen-bond acceptors (Lipinski definition) is 1. The summed E-state index contributed by atoms with van der Waals surface area (Å²) in [6.45, 7) is 0. The first kappa shape index (κ1) is 13.2. The maximum absolute atomic E-state index is 12.8. The van der Waals surface area contributed by atoms with Crippen molar-refractivity contribution in [1.82, 2.24) is 0 Å². The third-order valence-corrected chi connectivity index (χ3v) is 3.35. The Morgan fingerprint density at radius 3 is 1.83 bits per heavy atom. The van der Waals surface area contributed by atoms with E-state index < -0.39 is 0 Å². The molecular formula is C15H15BrFN. The quantitative estimate of drug-likeness (QED) is 0.915. The second-order valence-corrected chi connectivity index (χ2v) is 5.34. The van der Waals surface area contributed by atoms with Crippen LogP contribution in [0.3, 0.4) is 0 Å². The van der Waals surface area contributed by atoms with E-state index in [1.54, 1.807) is 12.1 Å². The number of nitrogens with two attached hydrogens (primary N) is 1. The summed E-state index contributed by atoms with van der Waals surface area (Å²) in [5, 5.41) is 0. The molecule has 0 amide bonds. The molecule has 1 unspecified atom stereocenters. The minimum atomic E-state index is -0.208. The zero-order valence-corrected chi connectivity index (χ0v) is 11.5. The summed E-state index contributed by atoms with van der Waals surface area (Å²) in [7, 11) is 0. The van der Waals surface area contributed by atoms with Crippen molar-refractivity contribution in [3.8, 4) is 0 Å². The van der Waals surface area contributed by atoms with Gasteiger partial charge in [0.25, 0.3) is 0 Å². The minimum Gasteiger partial charge on any atom is -0.327 e. The van der Waals surface area contributed by atoms with Gasteiger partial charge >= 0.3 is 0 Å². The van der Waals surface area contributed by atoms with Crippen LogP contribution in [0.15, 0.2) is 53.0 Å². The Labute approximate surface area is 115 Å². The lowest BCUT2D eigenvalue weighted by molar-refractivity contribution is 0.623. The van der Waals surface area contributed by atoms with E-state index in [4.69, 9.17) is 5.73 Å². The fourth-order valence-corrected chi connectivity index (χ4v) is 2.18. The maximum Gasteiger partial charge on any atom is 0.123 e.